The highest BCUT2D eigenvalue weighted by Crippen LogP contribution is 2.19. The van der Waals surface area contributed by atoms with Gasteiger partial charge in [-0.05, 0) is 25.7 Å². The van der Waals surface area contributed by atoms with E-state index < -0.39 is 5.97 Å². The summed E-state index contributed by atoms with van der Waals surface area (Å²) in [5, 5.41) is 0. The molecule has 1 unspecified atom stereocenters. The summed E-state index contributed by atoms with van der Waals surface area (Å²) in [5.74, 6) is -1.03. The predicted octanol–water partition coefficient (Wildman–Crippen LogP) is 2.38. The van der Waals surface area contributed by atoms with Gasteiger partial charge in [0.15, 0.2) is 0 Å². The number of hydrogen-bond acceptors (Lipinski definition) is 3. The third-order valence-electron chi connectivity index (χ3n) is 2.33. The normalized spacial score (nSPS) is 20.9. The van der Waals surface area contributed by atoms with Crippen molar-refractivity contribution >= 4 is 11.9 Å². The number of ether oxygens (including phenoxy) is 1. The summed E-state index contributed by atoms with van der Waals surface area (Å²) in [6.45, 7) is 3.64. The second-order valence-corrected chi connectivity index (χ2v) is 3.62. The summed E-state index contributed by atoms with van der Waals surface area (Å²) < 4.78 is 4.44. The summed E-state index contributed by atoms with van der Waals surface area (Å²) in [7, 11) is 0. The van der Waals surface area contributed by atoms with E-state index in [4.69, 9.17) is 0 Å². The van der Waals surface area contributed by atoms with E-state index in [1.807, 2.05) is 18.2 Å². The first kappa shape index (κ1) is 11.7. The predicted molar refractivity (Wildman–Crippen MR) is 57.0 cm³/mol. The van der Waals surface area contributed by atoms with Crippen LogP contribution in [0.3, 0.4) is 0 Å². The van der Waals surface area contributed by atoms with E-state index in [0.29, 0.717) is 6.42 Å². The van der Waals surface area contributed by atoms with Crippen LogP contribution in [0.4, 0.5) is 0 Å². The fraction of sp³-hybridized carbons (Fsp3) is 0.500. The van der Waals surface area contributed by atoms with Crippen molar-refractivity contribution in [1.29, 1.82) is 0 Å². The zero-order valence-electron chi connectivity index (χ0n) is 8.78. The van der Waals surface area contributed by atoms with Crippen LogP contribution in [-0.2, 0) is 14.3 Å². The molecule has 3 heteroatoms. The third kappa shape index (κ3) is 4.11. The van der Waals surface area contributed by atoms with Crippen LogP contribution in [0, 0.1) is 5.92 Å². The molecule has 0 amide bonds. The van der Waals surface area contributed by atoms with Crippen molar-refractivity contribution in [2.75, 3.05) is 0 Å². The van der Waals surface area contributed by atoms with Gasteiger partial charge in [-0.25, -0.2) is 0 Å². The molecule has 1 saturated heterocycles. The number of cyclic esters (lactones) is 2. The molecule has 0 aliphatic carbocycles. The molecular weight excluding hydrogens is 192 g/mol. The van der Waals surface area contributed by atoms with Crippen molar-refractivity contribution in [2.45, 2.75) is 32.1 Å². The maximum Gasteiger partial charge on any atom is 0.317 e. The number of unbranched alkanes of at least 4 members (excludes halogenated alkanes) is 2. The maximum absolute atomic E-state index is 11.1. The van der Waals surface area contributed by atoms with Gasteiger partial charge in [0.1, 0.15) is 0 Å². The zero-order valence-corrected chi connectivity index (χ0v) is 8.78. The van der Waals surface area contributed by atoms with Crippen LogP contribution < -0.4 is 0 Å². The standard InChI is InChI=1S/C12H16O3/c1-2-3-4-5-6-7-8-10-9-11(13)15-12(10)14/h2,6-7,10H,1,3-5,8-9H2. The van der Waals surface area contributed by atoms with Gasteiger partial charge in [0.05, 0.1) is 12.3 Å². The number of hydrogen-bond donors (Lipinski definition) is 0. The largest absolute Gasteiger partial charge is 0.393 e. The molecule has 0 aromatic rings. The zero-order chi connectivity index (χ0) is 11.1. The molecule has 0 aromatic heterocycles. The van der Waals surface area contributed by atoms with Crippen LogP contribution in [0.2, 0.25) is 0 Å². The molecule has 1 fully saturated rings. The fourth-order valence-electron chi connectivity index (χ4n) is 1.46. The van der Waals surface area contributed by atoms with Crippen molar-refractivity contribution in [3.8, 4) is 0 Å². The number of rotatable bonds is 6. The highest BCUT2D eigenvalue weighted by atomic mass is 16.6. The first-order valence-electron chi connectivity index (χ1n) is 5.24. The van der Waals surface area contributed by atoms with E-state index in [0.717, 1.165) is 19.3 Å². The van der Waals surface area contributed by atoms with Crippen LogP contribution >= 0.6 is 0 Å². The van der Waals surface area contributed by atoms with Gasteiger partial charge in [-0.15, -0.1) is 6.58 Å². The maximum atomic E-state index is 11.1. The highest BCUT2D eigenvalue weighted by molar-refractivity contribution is 5.94. The average Bonchev–Trinajstić information content (AvgIpc) is 2.51. The molecule has 0 aromatic carbocycles. The summed E-state index contributed by atoms with van der Waals surface area (Å²) >= 11 is 0. The molecule has 0 bridgehead atoms. The van der Waals surface area contributed by atoms with Crippen molar-refractivity contribution in [1.82, 2.24) is 0 Å². The molecule has 3 nitrogen and oxygen atoms in total. The molecule has 15 heavy (non-hydrogen) atoms. The van der Waals surface area contributed by atoms with E-state index >= 15 is 0 Å². The Labute approximate surface area is 89.8 Å². The minimum atomic E-state index is -0.398. The van der Waals surface area contributed by atoms with E-state index in [1.165, 1.54) is 0 Å². The summed E-state index contributed by atoms with van der Waals surface area (Å²) in [6, 6.07) is 0. The minimum absolute atomic E-state index is 0.232. The SMILES string of the molecule is C=CCCCC=CCC1CC(=O)OC1=O. The van der Waals surface area contributed by atoms with E-state index in [2.05, 4.69) is 11.3 Å². The molecular formula is C12H16O3. The topological polar surface area (TPSA) is 43.4 Å². The summed E-state index contributed by atoms with van der Waals surface area (Å²) in [5.41, 5.74) is 0. The Bertz CT molecular complexity index is 279. The Kier molecular flexibility index (Phi) is 4.81. The number of esters is 2. The summed E-state index contributed by atoms with van der Waals surface area (Å²) in [4.78, 5) is 21.8. The van der Waals surface area contributed by atoms with Gasteiger partial charge in [0, 0.05) is 0 Å². The van der Waals surface area contributed by atoms with Crippen molar-refractivity contribution < 1.29 is 14.3 Å². The molecule has 0 saturated carbocycles. The van der Waals surface area contributed by atoms with Crippen molar-refractivity contribution in [3.63, 3.8) is 0 Å². The molecule has 1 aliphatic rings. The van der Waals surface area contributed by atoms with E-state index in [-0.39, 0.29) is 18.3 Å². The van der Waals surface area contributed by atoms with Gasteiger partial charge in [0.25, 0.3) is 0 Å². The van der Waals surface area contributed by atoms with Gasteiger partial charge in [0.2, 0.25) is 0 Å². The monoisotopic (exact) mass is 208 g/mol. The molecule has 0 radical (unpaired) electrons. The van der Waals surface area contributed by atoms with E-state index in [9.17, 15) is 9.59 Å². The third-order valence-corrected chi connectivity index (χ3v) is 2.33. The molecule has 1 heterocycles. The van der Waals surface area contributed by atoms with Gasteiger partial charge < -0.3 is 4.74 Å². The van der Waals surface area contributed by atoms with Crippen LogP contribution in [0.15, 0.2) is 24.8 Å². The lowest BCUT2D eigenvalue weighted by molar-refractivity contribution is -0.153. The average molecular weight is 208 g/mol. The lowest BCUT2D eigenvalue weighted by Crippen LogP contribution is -2.05. The van der Waals surface area contributed by atoms with Crippen LogP contribution in [-0.4, -0.2) is 11.9 Å². The Morgan fingerprint density at radius 2 is 2.13 bits per heavy atom. The van der Waals surface area contributed by atoms with Crippen LogP contribution in [0.1, 0.15) is 32.1 Å². The van der Waals surface area contributed by atoms with Crippen molar-refractivity contribution in [2.24, 2.45) is 5.92 Å². The quantitative estimate of drug-likeness (QED) is 0.291. The number of allylic oxidation sites excluding steroid dienone is 3. The van der Waals surface area contributed by atoms with E-state index in [1.54, 1.807) is 0 Å². The molecule has 0 spiro atoms. The van der Waals surface area contributed by atoms with Gasteiger partial charge in [-0.2, -0.15) is 0 Å². The highest BCUT2D eigenvalue weighted by Gasteiger charge is 2.31. The first-order valence-corrected chi connectivity index (χ1v) is 5.24. The molecule has 1 aliphatic heterocycles. The first-order chi connectivity index (χ1) is 7.24. The number of carbonyl (C=O) groups is 2. The summed E-state index contributed by atoms with van der Waals surface area (Å²) in [6.07, 6.45) is 9.80. The van der Waals surface area contributed by atoms with Gasteiger partial charge in [-0.3, -0.25) is 9.59 Å². The Balaban J connectivity index is 2.16. The van der Waals surface area contributed by atoms with Gasteiger partial charge >= 0.3 is 11.9 Å². The lowest BCUT2D eigenvalue weighted by Gasteiger charge is -1.97. The van der Waals surface area contributed by atoms with Crippen LogP contribution in [0.5, 0.6) is 0 Å². The van der Waals surface area contributed by atoms with Gasteiger partial charge in [-0.1, -0.05) is 18.2 Å². The Morgan fingerprint density at radius 3 is 2.73 bits per heavy atom. The Hall–Kier alpha value is -1.38. The second kappa shape index (κ2) is 6.17. The fourth-order valence-corrected chi connectivity index (χ4v) is 1.46. The molecule has 1 rings (SSSR count). The molecule has 82 valence electrons. The number of carbonyl (C=O) groups excluding carboxylic acids is 2. The molecule has 1 atom stereocenters. The minimum Gasteiger partial charge on any atom is -0.393 e. The molecule has 0 N–H and O–H groups in total. The smallest absolute Gasteiger partial charge is 0.317 e. The Morgan fingerprint density at radius 1 is 1.33 bits per heavy atom. The van der Waals surface area contributed by atoms with Crippen molar-refractivity contribution in [3.05, 3.63) is 24.8 Å². The second-order valence-electron chi connectivity index (χ2n) is 3.62. The van der Waals surface area contributed by atoms with Crippen LogP contribution in [0.25, 0.3) is 0 Å². The lowest BCUT2D eigenvalue weighted by atomic mass is 10.0.